The third-order valence-electron chi connectivity index (χ3n) is 3.47. The fraction of sp³-hybridized carbons (Fsp3) is 0.263. The molecule has 2 aromatic carbocycles. The van der Waals surface area contributed by atoms with Crippen molar-refractivity contribution in [2.45, 2.75) is 25.7 Å². The van der Waals surface area contributed by atoms with Crippen LogP contribution in [0.15, 0.2) is 48.5 Å². The smallest absolute Gasteiger partial charge is 0.303 e. The van der Waals surface area contributed by atoms with Crippen LogP contribution >= 0.6 is 0 Å². The summed E-state index contributed by atoms with van der Waals surface area (Å²) >= 11 is 0. The van der Waals surface area contributed by atoms with Gasteiger partial charge in [0.25, 0.3) is 0 Å². The van der Waals surface area contributed by atoms with E-state index in [1.165, 1.54) is 24.3 Å². The fourth-order valence-corrected chi connectivity index (χ4v) is 2.23. The Balaban J connectivity index is 1.71. The molecule has 0 aliphatic rings. The maximum atomic E-state index is 12.8. The first-order valence-electron chi connectivity index (χ1n) is 8.02. The fourth-order valence-electron chi connectivity index (χ4n) is 2.23. The van der Waals surface area contributed by atoms with Crippen LogP contribution in [0.4, 0.5) is 10.1 Å². The first kappa shape index (κ1) is 18.4. The van der Waals surface area contributed by atoms with Crippen LogP contribution in [0.5, 0.6) is 5.75 Å². The summed E-state index contributed by atoms with van der Waals surface area (Å²) in [5.41, 5.74) is 1.51. The molecule has 0 saturated carbocycles. The number of hydrogen-bond acceptors (Lipinski definition) is 3. The van der Waals surface area contributed by atoms with Crippen molar-refractivity contribution in [1.82, 2.24) is 0 Å². The second-order valence-corrected chi connectivity index (χ2v) is 5.55. The molecule has 132 valence electrons. The first-order chi connectivity index (χ1) is 12.0. The van der Waals surface area contributed by atoms with Gasteiger partial charge in [0.1, 0.15) is 11.6 Å². The molecule has 0 bridgehead atoms. The molecular formula is C19H20FNO4. The lowest BCUT2D eigenvalue weighted by molar-refractivity contribution is -0.137. The van der Waals surface area contributed by atoms with Gasteiger partial charge < -0.3 is 15.2 Å². The number of nitrogens with one attached hydrogen (secondary N) is 1. The van der Waals surface area contributed by atoms with Gasteiger partial charge in [-0.3, -0.25) is 9.59 Å². The van der Waals surface area contributed by atoms with Crippen LogP contribution in [0, 0.1) is 5.82 Å². The maximum Gasteiger partial charge on any atom is 0.303 e. The number of carbonyl (C=O) groups is 2. The zero-order valence-corrected chi connectivity index (χ0v) is 13.7. The summed E-state index contributed by atoms with van der Waals surface area (Å²) in [6, 6.07) is 12.9. The Hall–Kier alpha value is -2.89. The number of benzene rings is 2. The number of aryl methyl sites for hydroxylation is 1. The average molecular weight is 345 g/mol. The van der Waals surface area contributed by atoms with Crippen molar-refractivity contribution in [3.05, 3.63) is 59.9 Å². The van der Waals surface area contributed by atoms with E-state index in [0.717, 1.165) is 5.56 Å². The molecule has 6 heteroatoms. The summed E-state index contributed by atoms with van der Waals surface area (Å²) in [5, 5.41) is 11.5. The van der Waals surface area contributed by atoms with Crippen molar-refractivity contribution in [3.8, 4) is 5.75 Å². The predicted molar refractivity (Wildman–Crippen MR) is 92.2 cm³/mol. The maximum absolute atomic E-state index is 12.8. The highest BCUT2D eigenvalue weighted by Gasteiger charge is 2.05. The summed E-state index contributed by atoms with van der Waals surface area (Å²) in [5.74, 6) is -0.751. The quantitative estimate of drug-likeness (QED) is 0.680. The Morgan fingerprint density at radius 1 is 1.08 bits per heavy atom. The van der Waals surface area contributed by atoms with E-state index < -0.39 is 5.97 Å². The summed E-state index contributed by atoms with van der Waals surface area (Å²) in [6.45, 7) is 0.359. The van der Waals surface area contributed by atoms with Gasteiger partial charge >= 0.3 is 5.97 Å². The highest BCUT2D eigenvalue weighted by Crippen LogP contribution is 2.14. The highest BCUT2D eigenvalue weighted by molar-refractivity contribution is 5.90. The molecule has 0 aliphatic heterocycles. The number of ether oxygens (including phenoxy) is 1. The van der Waals surface area contributed by atoms with Gasteiger partial charge in [-0.05, 0) is 54.8 Å². The summed E-state index contributed by atoms with van der Waals surface area (Å²) in [6.07, 6.45) is 1.30. The van der Waals surface area contributed by atoms with Crippen LogP contribution in [0.25, 0.3) is 0 Å². The highest BCUT2D eigenvalue weighted by atomic mass is 19.1. The van der Waals surface area contributed by atoms with Crippen LogP contribution in [0.1, 0.15) is 24.8 Å². The molecule has 0 spiro atoms. The minimum atomic E-state index is -0.851. The van der Waals surface area contributed by atoms with Crippen molar-refractivity contribution >= 4 is 17.6 Å². The van der Waals surface area contributed by atoms with Crippen LogP contribution in [-0.2, 0) is 16.0 Å². The minimum absolute atomic E-state index is 0.0537. The van der Waals surface area contributed by atoms with Gasteiger partial charge in [-0.1, -0.05) is 12.1 Å². The molecule has 0 radical (unpaired) electrons. The zero-order chi connectivity index (χ0) is 18.1. The number of halogens is 1. The normalized spacial score (nSPS) is 10.3. The lowest BCUT2D eigenvalue weighted by Gasteiger charge is -2.08. The van der Waals surface area contributed by atoms with Crippen molar-refractivity contribution in [2.24, 2.45) is 0 Å². The Morgan fingerprint density at radius 2 is 1.84 bits per heavy atom. The van der Waals surface area contributed by atoms with E-state index in [0.29, 0.717) is 37.3 Å². The monoisotopic (exact) mass is 345 g/mol. The molecule has 0 saturated heterocycles. The molecule has 2 aromatic rings. The van der Waals surface area contributed by atoms with Crippen LogP contribution in [0.3, 0.4) is 0 Å². The van der Waals surface area contributed by atoms with Gasteiger partial charge in [-0.15, -0.1) is 0 Å². The SMILES string of the molecule is O=C(O)CCc1cccc(NC(=O)CCCOc2ccc(F)cc2)c1. The first-order valence-corrected chi connectivity index (χ1v) is 8.02. The molecule has 0 heterocycles. The van der Waals surface area contributed by atoms with Crippen LogP contribution in [-0.4, -0.2) is 23.6 Å². The van der Waals surface area contributed by atoms with Gasteiger partial charge in [-0.2, -0.15) is 0 Å². The average Bonchev–Trinajstić information content (AvgIpc) is 2.59. The lowest BCUT2D eigenvalue weighted by Crippen LogP contribution is -2.13. The second-order valence-electron chi connectivity index (χ2n) is 5.55. The number of carbonyl (C=O) groups excluding carboxylic acids is 1. The van der Waals surface area contributed by atoms with Gasteiger partial charge in [0.2, 0.25) is 5.91 Å². The molecule has 0 fully saturated rings. The Morgan fingerprint density at radius 3 is 2.56 bits per heavy atom. The van der Waals surface area contributed by atoms with E-state index in [1.54, 1.807) is 18.2 Å². The summed E-state index contributed by atoms with van der Waals surface area (Å²) < 4.78 is 18.2. The van der Waals surface area contributed by atoms with Crippen molar-refractivity contribution in [3.63, 3.8) is 0 Å². The zero-order valence-electron chi connectivity index (χ0n) is 13.7. The summed E-state index contributed by atoms with van der Waals surface area (Å²) in [4.78, 5) is 22.5. The molecule has 1 amide bonds. The Bertz CT molecular complexity index is 716. The number of hydrogen-bond donors (Lipinski definition) is 2. The predicted octanol–water partition coefficient (Wildman–Crippen LogP) is 3.64. The van der Waals surface area contributed by atoms with E-state index in [2.05, 4.69) is 5.32 Å². The molecule has 2 rings (SSSR count). The van der Waals surface area contributed by atoms with Gasteiger partial charge in [0.15, 0.2) is 0 Å². The van der Waals surface area contributed by atoms with Crippen molar-refractivity contribution < 1.29 is 23.8 Å². The van der Waals surface area contributed by atoms with Gasteiger partial charge in [0, 0.05) is 18.5 Å². The third kappa shape index (κ3) is 7.03. The van der Waals surface area contributed by atoms with Crippen LogP contribution < -0.4 is 10.1 Å². The third-order valence-corrected chi connectivity index (χ3v) is 3.47. The summed E-state index contributed by atoms with van der Waals surface area (Å²) in [7, 11) is 0. The molecule has 0 unspecified atom stereocenters. The lowest BCUT2D eigenvalue weighted by atomic mass is 10.1. The number of carboxylic acid groups (broad SMARTS) is 1. The molecule has 25 heavy (non-hydrogen) atoms. The van der Waals surface area contributed by atoms with E-state index in [9.17, 15) is 14.0 Å². The Kier molecular flexibility index (Phi) is 6.95. The molecule has 0 atom stereocenters. The Labute approximate surface area is 145 Å². The molecular weight excluding hydrogens is 325 g/mol. The van der Waals surface area contributed by atoms with E-state index in [4.69, 9.17) is 9.84 Å². The standard InChI is InChI=1S/C19H20FNO4/c20-15-7-9-17(10-8-15)25-12-2-5-18(22)21-16-4-1-3-14(13-16)6-11-19(23)24/h1,3-4,7-10,13H,2,5-6,11-12H2,(H,21,22)(H,23,24). The number of rotatable bonds is 9. The minimum Gasteiger partial charge on any atom is -0.494 e. The topological polar surface area (TPSA) is 75.6 Å². The molecule has 0 aromatic heterocycles. The molecule has 2 N–H and O–H groups in total. The number of amides is 1. The van der Waals surface area contributed by atoms with Crippen molar-refractivity contribution in [2.75, 3.05) is 11.9 Å². The number of carboxylic acids is 1. The molecule has 5 nitrogen and oxygen atoms in total. The van der Waals surface area contributed by atoms with Crippen molar-refractivity contribution in [1.29, 1.82) is 0 Å². The van der Waals surface area contributed by atoms with Gasteiger partial charge in [0.05, 0.1) is 6.61 Å². The number of anilines is 1. The largest absolute Gasteiger partial charge is 0.494 e. The second kappa shape index (κ2) is 9.42. The van der Waals surface area contributed by atoms with Gasteiger partial charge in [-0.25, -0.2) is 4.39 Å². The number of aliphatic carboxylic acids is 1. The molecule has 0 aliphatic carbocycles. The van der Waals surface area contributed by atoms with E-state index in [1.807, 2.05) is 6.07 Å². The van der Waals surface area contributed by atoms with E-state index in [-0.39, 0.29) is 18.1 Å². The van der Waals surface area contributed by atoms with E-state index >= 15 is 0 Å². The van der Waals surface area contributed by atoms with Crippen LogP contribution in [0.2, 0.25) is 0 Å².